The van der Waals surface area contributed by atoms with Crippen LogP contribution in [0.1, 0.15) is 40.2 Å². The van der Waals surface area contributed by atoms with Gasteiger partial charge in [-0.15, -0.1) is 0 Å². The Morgan fingerprint density at radius 2 is 2.00 bits per heavy atom. The average Bonchev–Trinajstić information content (AvgIpc) is 2.41. The van der Waals surface area contributed by atoms with Crippen molar-refractivity contribution in [1.29, 1.82) is 0 Å². The summed E-state index contributed by atoms with van der Waals surface area (Å²) in [5.41, 5.74) is -0.382. The lowest BCUT2D eigenvalue weighted by atomic mass is 9.98. The predicted octanol–water partition coefficient (Wildman–Crippen LogP) is 5.07. The monoisotopic (exact) mass is 434 g/mol. The molecule has 0 aliphatic carbocycles. The molecule has 140 valence electrons. The summed E-state index contributed by atoms with van der Waals surface area (Å²) in [5, 5.41) is 0.489. The second kappa shape index (κ2) is 7.41. The van der Waals surface area contributed by atoms with E-state index in [0.29, 0.717) is 41.2 Å². The quantitative estimate of drug-likeness (QED) is 0.608. The predicted molar refractivity (Wildman–Crippen MR) is 101 cm³/mol. The Labute approximate surface area is 162 Å². The fourth-order valence-corrected chi connectivity index (χ4v) is 3.47. The van der Waals surface area contributed by atoms with Gasteiger partial charge in [-0.25, -0.2) is 9.18 Å². The Hall–Kier alpha value is -0.850. The summed E-state index contributed by atoms with van der Waals surface area (Å²) in [6.07, 6.45) is -0.310. The fourth-order valence-electron chi connectivity index (χ4n) is 2.97. The topological polar surface area (TPSA) is 32.8 Å². The van der Waals surface area contributed by atoms with Crippen LogP contribution in [-0.4, -0.2) is 46.7 Å². The van der Waals surface area contributed by atoms with Crippen molar-refractivity contribution >= 4 is 33.6 Å². The molecule has 1 aromatic rings. The summed E-state index contributed by atoms with van der Waals surface area (Å²) in [5.74, 6) is -0.288. The number of ether oxygens (including phenoxy) is 1. The van der Waals surface area contributed by atoms with Gasteiger partial charge in [0, 0.05) is 36.2 Å². The zero-order chi connectivity index (χ0) is 19.0. The number of nitrogens with zero attached hydrogens (tertiary/aromatic N) is 2. The molecule has 0 bridgehead atoms. The smallest absolute Gasteiger partial charge is 0.410 e. The first-order valence-corrected chi connectivity index (χ1v) is 9.42. The van der Waals surface area contributed by atoms with Crippen molar-refractivity contribution in [2.24, 2.45) is 0 Å². The van der Waals surface area contributed by atoms with Crippen LogP contribution >= 0.6 is 27.5 Å². The van der Waals surface area contributed by atoms with Crippen LogP contribution in [0.4, 0.5) is 9.18 Å². The summed E-state index contributed by atoms with van der Waals surface area (Å²) in [4.78, 5) is 16.3. The maximum Gasteiger partial charge on any atom is 0.410 e. The van der Waals surface area contributed by atoms with Crippen LogP contribution in [0, 0.1) is 5.82 Å². The highest BCUT2D eigenvalue weighted by Gasteiger charge is 2.39. The maximum atomic E-state index is 14.2. The molecule has 0 aromatic heterocycles. The van der Waals surface area contributed by atoms with E-state index >= 15 is 0 Å². The Balaban J connectivity index is 2.07. The number of rotatable bonds is 2. The summed E-state index contributed by atoms with van der Waals surface area (Å²) in [7, 11) is 0. The van der Waals surface area contributed by atoms with Gasteiger partial charge in [0.2, 0.25) is 0 Å². The van der Waals surface area contributed by atoms with E-state index < -0.39 is 11.1 Å². The minimum Gasteiger partial charge on any atom is -0.444 e. The van der Waals surface area contributed by atoms with Crippen molar-refractivity contribution in [3.05, 3.63) is 33.0 Å². The first kappa shape index (κ1) is 20.5. The van der Waals surface area contributed by atoms with Gasteiger partial charge in [0.1, 0.15) is 11.4 Å². The summed E-state index contributed by atoms with van der Waals surface area (Å²) >= 11 is 9.31. The Kier molecular flexibility index (Phi) is 6.07. The molecule has 0 saturated carbocycles. The molecule has 0 atom stereocenters. The second-order valence-electron chi connectivity index (χ2n) is 8.01. The lowest BCUT2D eigenvalue weighted by Crippen LogP contribution is -2.61. The third-order valence-corrected chi connectivity index (χ3v) is 5.28. The van der Waals surface area contributed by atoms with Crippen molar-refractivity contribution in [3.8, 4) is 0 Å². The van der Waals surface area contributed by atoms with Crippen molar-refractivity contribution in [3.63, 3.8) is 0 Å². The van der Waals surface area contributed by atoms with Gasteiger partial charge >= 0.3 is 6.09 Å². The zero-order valence-corrected chi connectivity index (χ0v) is 17.7. The van der Waals surface area contributed by atoms with Crippen LogP contribution in [0.5, 0.6) is 0 Å². The molecule has 0 unspecified atom stereocenters. The number of hydrogen-bond donors (Lipinski definition) is 0. The third-order valence-electron chi connectivity index (χ3n) is 4.08. The molecular formula is C18H25BrClFN2O2. The van der Waals surface area contributed by atoms with Crippen LogP contribution in [-0.2, 0) is 11.3 Å². The molecule has 1 saturated heterocycles. The lowest BCUT2D eigenvalue weighted by molar-refractivity contribution is -0.0245. The van der Waals surface area contributed by atoms with Gasteiger partial charge in [-0.3, -0.25) is 4.90 Å². The van der Waals surface area contributed by atoms with E-state index in [1.807, 2.05) is 34.6 Å². The molecule has 0 N–H and O–H groups in total. The van der Waals surface area contributed by atoms with Gasteiger partial charge in [0.05, 0.1) is 10.6 Å². The number of halogens is 3. The van der Waals surface area contributed by atoms with E-state index in [4.69, 9.17) is 16.3 Å². The minimum absolute atomic E-state index is 0.288. The molecule has 1 aromatic carbocycles. The van der Waals surface area contributed by atoms with Gasteiger partial charge in [0.25, 0.3) is 0 Å². The highest BCUT2D eigenvalue weighted by Crippen LogP contribution is 2.29. The molecule has 0 radical (unpaired) electrons. The third kappa shape index (κ3) is 5.31. The number of amides is 1. The van der Waals surface area contributed by atoms with Gasteiger partial charge in [-0.1, -0.05) is 11.6 Å². The summed E-state index contributed by atoms with van der Waals surface area (Å²) in [6.45, 7) is 11.8. The fraction of sp³-hybridized carbons (Fsp3) is 0.611. The normalized spacial score (nSPS) is 18.3. The van der Waals surface area contributed by atoms with Gasteiger partial charge in [-0.2, -0.15) is 0 Å². The molecule has 1 aliphatic rings. The van der Waals surface area contributed by atoms with E-state index in [0.717, 1.165) is 0 Å². The molecule has 1 aliphatic heterocycles. The number of carbonyl (C=O) groups is 1. The first-order valence-electron chi connectivity index (χ1n) is 8.25. The second-order valence-corrected chi connectivity index (χ2v) is 9.27. The number of hydrogen-bond acceptors (Lipinski definition) is 3. The molecule has 1 heterocycles. The molecule has 25 heavy (non-hydrogen) atoms. The highest BCUT2D eigenvalue weighted by molar-refractivity contribution is 9.10. The first-order chi connectivity index (χ1) is 11.4. The van der Waals surface area contributed by atoms with Crippen LogP contribution < -0.4 is 0 Å². The SMILES string of the molecule is CC(C)(C)OC(=O)N1CCN(Cc2cc(Cl)c(Br)cc2F)CC1(C)C. The van der Waals surface area contributed by atoms with Crippen molar-refractivity contribution in [2.75, 3.05) is 19.6 Å². The van der Waals surface area contributed by atoms with Gasteiger partial charge in [0.15, 0.2) is 0 Å². The summed E-state index contributed by atoms with van der Waals surface area (Å²) < 4.78 is 20.2. The van der Waals surface area contributed by atoms with Gasteiger partial charge < -0.3 is 9.64 Å². The standard InChI is InChI=1S/C18H25BrClFN2O2/c1-17(2,3)25-16(24)23-7-6-22(11-18(23,4)5)10-12-8-14(20)13(19)9-15(12)21/h8-9H,6-7,10-11H2,1-5H3. The minimum atomic E-state index is -0.526. The molecule has 1 fully saturated rings. The van der Waals surface area contributed by atoms with E-state index in [1.54, 1.807) is 11.0 Å². The molecule has 1 amide bonds. The Bertz CT molecular complexity index is 661. The van der Waals surface area contributed by atoms with Crippen LogP contribution in [0.15, 0.2) is 16.6 Å². The Morgan fingerprint density at radius 1 is 1.36 bits per heavy atom. The van der Waals surface area contributed by atoms with Gasteiger partial charge in [-0.05, 0) is 62.7 Å². The highest BCUT2D eigenvalue weighted by atomic mass is 79.9. The van der Waals surface area contributed by atoms with Crippen LogP contribution in [0.2, 0.25) is 5.02 Å². The Morgan fingerprint density at radius 3 is 2.56 bits per heavy atom. The van der Waals surface area contributed by atoms with E-state index in [2.05, 4.69) is 20.8 Å². The van der Waals surface area contributed by atoms with Crippen LogP contribution in [0.25, 0.3) is 0 Å². The van der Waals surface area contributed by atoms with E-state index in [1.165, 1.54) is 6.07 Å². The number of piperazine rings is 1. The zero-order valence-electron chi connectivity index (χ0n) is 15.3. The number of benzene rings is 1. The average molecular weight is 436 g/mol. The molecule has 7 heteroatoms. The van der Waals surface area contributed by atoms with Crippen molar-refractivity contribution < 1.29 is 13.9 Å². The summed E-state index contributed by atoms with van der Waals surface area (Å²) in [6, 6.07) is 3.04. The van der Waals surface area contributed by atoms with E-state index in [-0.39, 0.29) is 11.9 Å². The lowest BCUT2D eigenvalue weighted by Gasteiger charge is -2.47. The molecule has 0 spiro atoms. The molecular weight excluding hydrogens is 411 g/mol. The maximum absolute atomic E-state index is 14.2. The largest absolute Gasteiger partial charge is 0.444 e. The van der Waals surface area contributed by atoms with Crippen molar-refractivity contribution in [1.82, 2.24) is 9.80 Å². The van der Waals surface area contributed by atoms with E-state index in [9.17, 15) is 9.18 Å². The van der Waals surface area contributed by atoms with Crippen molar-refractivity contribution in [2.45, 2.75) is 52.3 Å². The molecule has 4 nitrogen and oxygen atoms in total. The van der Waals surface area contributed by atoms with Crippen LogP contribution in [0.3, 0.4) is 0 Å². The number of carbonyl (C=O) groups excluding carboxylic acids is 1. The molecule has 2 rings (SSSR count).